The number of fused-ring (bicyclic) bond motifs is 2. The highest BCUT2D eigenvalue weighted by molar-refractivity contribution is 6.31. The molecular formula is C36H23ClN2. The molecule has 0 N–H and O–H groups in total. The maximum atomic E-state index is 6.79. The SMILES string of the molecule is Clc1cc(-c2ccc(-c3ncccn3)cc2)cc(-c2c3ccccc3c(-c3ccccc3)c3ccccc23)c1. The third kappa shape index (κ3) is 4.25. The Morgan fingerprint density at radius 2 is 0.872 bits per heavy atom. The summed E-state index contributed by atoms with van der Waals surface area (Å²) in [6, 6.07) is 44.5. The fourth-order valence-corrected chi connectivity index (χ4v) is 5.75. The standard InChI is InChI=1S/C36H23ClN2/c37-29-22-27(24-15-17-26(18-16-24)36-38-19-8-20-39-36)21-28(23-29)35-32-13-6-4-11-30(32)34(25-9-2-1-3-10-25)31-12-5-7-14-33(31)35/h1-23H. The lowest BCUT2D eigenvalue weighted by Gasteiger charge is -2.18. The Morgan fingerprint density at radius 3 is 1.46 bits per heavy atom. The minimum atomic E-state index is 0.707. The van der Waals surface area contributed by atoms with E-state index < -0.39 is 0 Å². The molecule has 0 saturated carbocycles. The van der Waals surface area contributed by atoms with Crippen LogP contribution in [-0.4, -0.2) is 9.97 Å². The lowest BCUT2D eigenvalue weighted by atomic mass is 9.85. The van der Waals surface area contributed by atoms with Gasteiger partial charge < -0.3 is 0 Å². The van der Waals surface area contributed by atoms with Gasteiger partial charge in [-0.2, -0.15) is 0 Å². The van der Waals surface area contributed by atoms with Crippen LogP contribution in [0, 0.1) is 0 Å². The monoisotopic (exact) mass is 518 g/mol. The van der Waals surface area contributed by atoms with Crippen LogP contribution in [0.2, 0.25) is 5.02 Å². The largest absolute Gasteiger partial charge is 0.237 e. The van der Waals surface area contributed by atoms with Crippen molar-refractivity contribution in [2.45, 2.75) is 0 Å². The molecule has 39 heavy (non-hydrogen) atoms. The molecule has 184 valence electrons. The Hall–Kier alpha value is -4.79. The molecule has 0 aliphatic rings. The van der Waals surface area contributed by atoms with Gasteiger partial charge in [0.25, 0.3) is 0 Å². The number of benzene rings is 6. The zero-order valence-corrected chi connectivity index (χ0v) is 21.8. The maximum Gasteiger partial charge on any atom is 0.159 e. The van der Waals surface area contributed by atoms with E-state index in [2.05, 4.69) is 125 Å². The van der Waals surface area contributed by atoms with Gasteiger partial charge in [-0.3, -0.25) is 0 Å². The van der Waals surface area contributed by atoms with E-state index in [0.29, 0.717) is 10.8 Å². The molecule has 6 aromatic carbocycles. The second-order valence-electron chi connectivity index (χ2n) is 9.59. The summed E-state index contributed by atoms with van der Waals surface area (Å²) in [5.41, 5.74) is 7.90. The van der Waals surface area contributed by atoms with Gasteiger partial charge in [0.15, 0.2) is 5.82 Å². The number of halogens is 1. The average molecular weight is 519 g/mol. The van der Waals surface area contributed by atoms with Gasteiger partial charge in [0.05, 0.1) is 0 Å². The van der Waals surface area contributed by atoms with E-state index in [-0.39, 0.29) is 0 Å². The van der Waals surface area contributed by atoms with Gasteiger partial charge in [-0.1, -0.05) is 115 Å². The minimum Gasteiger partial charge on any atom is -0.237 e. The van der Waals surface area contributed by atoms with Crippen LogP contribution in [0.4, 0.5) is 0 Å². The molecule has 0 aliphatic carbocycles. The summed E-state index contributed by atoms with van der Waals surface area (Å²) in [6.45, 7) is 0. The van der Waals surface area contributed by atoms with Crippen molar-refractivity contribution in [3.8, 4) is 44.8 Å². The Morgan fingerprint density at radius 1 is 0.385 bits per heavy atom. The summed E-state index contributed by atoms with van der Waals surface area (Å²) in [4.78, 5) is 8.75. The van der Waals surface area contributed by atoms with Crippen molar-refractivity contribution in [3.63, 3.8) is 0 Å². The third-order valence-corrected chi connectivity index (χ3v) is 7.44. The van der Waals surface area contributed by atoms with Crippen LogP contribution in [-0.2, 0) is 0 Å². The van der Waals surface area contributed by atoms with E-state index in [1.165, 1.54) is 38.2 Å². The van der Waals surface area contributed by atoms with Crippen molar-refractivity contribution in [2.75, 3.05) is 0 Å². The van der Waals surface area contributed by atoms with Crippen LogP contribution in [0.1, 0.15) is 0 Å². The smallest absolute Gasteiger partial charge is 0.159 e. The van der Waals surface area contributed by atoms with E-state index in [0.717, 1.165) is 22.3 Å². The molecule has 0 radical (unpaired) electrons. The minimum absolute atomic E-state index is 0.707. The normalized spacial score (nSPS) is 11.2. The molecule has 0 spiro atoms. The second kappa shape index (κ2) is 9.83. The Balaban J connectivity index is 1.44. The number of nitrogens with zero attached hydrogens (tertiary/aromatic N) is 2. The number of aromatic nitrogens is 2. The summed E-state index contributed by atoms with van der Waals surface area (Å²) in [6.07, 6.45) is 3.52. The van der Waals surface area contributed by atoms with E-state index in [4.69, 9.17) is 11.6 Å². The molecule has 7 aromatic rings. The number of hydrogen-bond acceptors (Lipinski definition) is 2. The quantitative estimate of drug-likeness (QED) is 0.216. The maximum absolute atomic E-state index is 6.79. The lowest BCUT2D eigenvalue weighted by Crippen LogP contribution is -1.91. The zero-order valence-electron chi connectivity index (χ0n) is 21.1. The summed E-state index contributed by atoms with van der Waals surface area (Å²) in [5, 5.41) is 5.58. The fourth-order valence-electron chi connectivity index (χ4n) is 5.52. The predicted molar refractivity (Wildman–Crippen MR) is 164 cm³/mol. The molecule has 0 unspecified atom stereocenters. The summed E-state index contributed by atoms with van der Waals surface area (Å²) in [7, 11) is 0. The predicted octanol–water partition coefficient (Wildman–Crippen LogP) is 10.1. The molecule has 0 saturated heterocycles. The molecule has 1 heterocycles. The van der Waals surface area contributed by atoms with E-state index >= 15 is 0 Å². The van der Waals surface area contributed by atoms with Gasteiger partial charge in [0, 0.05) is 23.0 Å². The average Bonchev–Trinajstić information content (AvgIpc) is 3.00. The van der Waals surface area contributed by atoms with Gasteiger partial charge in [0.2, 0.25) is 0 Å². The van der Waals surface area contributed by atoms with Crippen LogP contribution in [0.3, 0.4) is 0 Å². The van der Waals surface area contributed by atoms with Gasteiger partial charge in [-0.25, -0.2) is 9.97 Å². The first kappa shape index (κ1) is 23.3. The fraction of sp³-hybridized carbons (Fsp3) is 0. The van der Waals surface area contributed by atoms with Crippen molar-refractivity contribution in [1.29, 1.82) is 0 Å². The van der Waals surface area contributed by atoms with E-state index in [9.17, 15) is 0 Å². The number of rotatable bonds is 4. The van der Waals surface area contributed by atoms with Gasteiger partial charge in [0.1, 0.15) is 0 Å². The highest BCUT2D eigenvalue weighted by atomic mass is 35.5. The first-order valence-corrected chi connectivity index (χ1v) is 13.3. The second-order valence-corrected chi connectivity index (χ2v) is 10.0. The Labute approximate surface area is 232 Å². The van der Waals surface area contributed by atoms with Crippen LogP contribution >= 0.6 is 11.6 Å². The molecular weight excluding hydrogens is 496 g/mol. The molecule has 1 aromatic heterocycles. The van der Waals surface area contributed by atoms with Crippen molar-refractivity contribution in [2.24, 2.45) is 0 Å². The van der Waals surface area contributed by atoms with Crippen molar-refractivity contribution in [3.05, 3.63) is 145 Å². The molecule has 2 nitrogen and oxygen atoms in total. The van der Waals surface area contributed by atoms with Gasteiger partial charge in [-0.15, -0.1) is 0 Å². The summed E-state index contributed by atoms with van der Waals surface area (Å²) in [5.74, 6) is 0.715. The highest BCUT2D eigenvalue weighted by Gasteiger charge is 2.17. The van der Waals surface area contributed by atoms with Crippen LogP contribution in [0.15, 0.2) is 140 Å². The Kier molecular flexibility index (Phi) is 5.88. The van der Waals surface area contributed by atoms with Crippen molar-refractivity contribution >= 4 is 33.1 Å². The zero-order chi connectivity index (χ0) is 26.2. The van der Waals surface area contributed by atoms with E-state index in [1.807, 2.05) is 12.1 Å². The molecule has 7 rings (SSSR count). The molecule has 0 fully saturated rings. The molecule has 3 heteroatoms. The highest BCUT2D eigenvalue weighted by Crippen LogP contribution is 2.44. The molecule has 0 aliphatic heterocycles. The number of hydrogen-bond donors (Lipinski definition) is 0. The molecule has 0 bridgehead atoms. The summed E-state index contributed by atoms with van der Waals surface area (Å²) < 4.78 is 0. The van der Waals surface area contributed by atoms with Crippen molar-refractivity contribution in [1.82, 2.24) is 9.97 Å². The Bertz CT molecular complexity index is 1890. The first-order valence-electron chi connectivity index (χ1n) is 12.9. The van der Waals surface area contributed by atoms with Gasteiger partial charge in [-0.05, 0) is 79.2 Å². The van der Waals surface area contributed by atoms with Gasteiger partial charge >= 0.3 is 0 Å². The summed E-state index contributed by atoms with van der Waals surface area (Å²) >= 11 is 6.79. The van der Waals surface area contributed by atoms with Crippen LogP contribution in [0.25, 0.3) is 66.3 Å². The van der Waals surface area contributed by atoms with Crippen LogP contribution < -0.4 is 0 Å². The first-order chi connectivity index (χ1) is 19.3. The topological polar surface area (TPSA) is 25.8 Å². The van der Waals surface area contributed by atoms with E-state index in [1.54, 1.807) is 12.4 Å². The molecule has 0 atom stereocenters. The van der Waals surface area contributed by atoms with Crippen LogP contribution in [0.5, 0.6) is 0 Å². The molecule has 0 amide bonds. The lowest BCUT2D eigenvalue weighted by molar-refractivity contribution is 1.18. The third-order valence-electron chi connectivity index (χ3n) is 7.22. The van der Waals surface area contributed by atoms with Crippen molar-refractivity contribution < 1.29 is 0 Å².